The van der Waals surface area contributed by atoms with E-state index in [9.17, 15) is 0 Å². The van der Waals surface area contributed by atoms with Crippen LogP contribution in [0.1, 0.15) is 0 Å². The zero-order valence-electron chi connectivity index (χ0n) is 18.2. The fourth-order valence-corrected chi connectivity index (χ4v) is 5.58. The molecule has 0 bridgehead atoms. The van der Waals surface area contributed by atoms with Gasteiger partial charge in [0, 0.05) is 16.3 Å². The molecule has 7 rings (SSSR count). The van der Waals surface area contributed by atoms with Crippen LogP contribution in [0.15, 0.2) is 115 Å². The second-order valence-corrected chi connectivity index (χ2v) is 9.24. The fraction of sp³-hybridized carbons (Fsp3) is 0. The SMILES string of the molecule is c1ccc(-c2ccc(-c3nc(-n4c5ccccc5c5ccccc54)nc4ccsc34)cc2)cc1. The smallest absolute Gasteiger partial charge is 0.235 e. The van der Waals surface area contributed by atoms with Crippen molar-refractivity contribution in [2.45, 2.75) is 0 Å². The number of hydrogen-bond donors (Lipinski definition) is 0. The molecule has 4 aromatic carbocycles. The molecule has 7 aromatic rings. The van der Waals surface area contributed by atoms with E-state index in [1.165, 1.54) is 21.9 Å². The maximum absolute atomic E-state index is 5.15. The molecule has 0 amide bonds. The van der Waals surface area contributed by atoms with Crippen molar-refractivity contribution in [3.05, 3.63) is 115 Å². The quantitative estimate of drug-likeness (QED) is 0.270. The monoisotopic (exact) mass is 453 g/mol. The summed E-state index contributed by atoms with van der Waals surface area (Å²) >= 11 is 1.69. The van der Waals surface area contributed by atoms with E-state index in [1.807, 2.05) is 6.07 Å². The van der Waals surface area contributed by atoms with Crippen molar-refractivity contribution in [1.82, 2.24) is 14.5 Å². The number of benzene rings is 4. The average Bonchev–Trinajstić information content (AvgIpc) is 3.51. The van der Waals surface area contributed by atoms with E-state index < -0.39 is 0 Å². The third kappa shape index (κ3) is 2.96. The lowest BCUT2D eigenvalue weighted by Gasteiger charge is -2.10. The summed E-state index contributed by atoms with van der Waals surface area (Å²) in [4.78, 5) is 10.1. The molecule has 0 spiro atoms. The highest BCUT2D eigenvalue weighted by molar-refractivity contribution is 7.17. The molecule has 4 heteroatoms. The van der Waals surface area contributed by atoms with E-state index >= 15 is 0 Å². The van der Waals surface area contributed by atoms with Crippen LogP contribution in [0.3, 0.4) is 0 Å². The average molecular weight is 454 g/mol. The third-order valence-corrected chi connectivity index (χ3v) is 7.25. The van der Waals surface area contributed by atoms with Gasteiger partial charge in [0.1, 0.15) is 0 Å². The first-order valence-corrected chi connectivity index (χ1v) is 12.1. The summed E-state index contributed by atoms with van der Waals surface area (Å²) in [7, 11) is 0. The van der Waals surface area contributed by atoms with Crippen LogP contribution in [-0.2, 0) is 0 Å². The summed E-state index contributed by atoms with van der Waals surface area (Å²) in [5.41, 5.74) is 7.67. The zero-order chi connectivity index (χ0) is 22.5. The normalized spacial score (nSPS) is 11.5. The van der Waals surface area contributed by atoms with Crippen molar-refractivity contribution < 1.29 is 0 Å². The molecule has 0 saturated heterocycles. The molecule has 0 aliphatic rings. The molecule has 3 aromatic heterocycles. The Labute approximate surface area is 200 Å². The first-order valence-electron chi connectivity index (χ1n) is 11.3. The number of rotatable bonds is 3. The Kier molecular flexibility index (Phi) is 4.32. The van der Waals surface area contributed by atoms with Crippen LogP contribution in [-0.4, -0.2) is 14.5 Å². The summed E-state index contributed by atoms with van der Waals surface area (Å²) in [5, 5.41) is 4.51. The van der Waals surface area contributed by atoms with Gasteiger partial charge in [0.15, 0.2) is 0 Å². The molecular formula is C30H19N3S. The van der Waals surface area contributed by atoms with Gasteiger partial charge in [0.2, 0.25) is 5.95 Å². The van der Waals surface area contributed by atoms with Crippen LogP contribution in [0.4, 0.5) is 0 Å². The van der Waals surface area contributed by atoms with Crippen LogP contribution < -0.4 is 0 Å². The lowest BCUT2D eigenvalue weighted by Crippen LogP contribution is -2.02. The van der Waals surface area contributed by atoms with Crippen LogP contribution in [0.2, 0.25) is 0 Å². The predicted octanol–water partition coefficient (Wildman–Crippen LogP) is 8.12. The predicted molar refractivity (Wildman–Crippen MR) is 143 cm³/mol. The van der Waals surface area contributed by atoms with Gasteiger partial charge >= 0.3 is 0 Å². The van der Waals surface area contributed by atoms with E-state index in [2.05, 4.69) is 113 Å². The molecule has 0 aliphatic carbocycles. The number of thiophene rings is 1. The minimum absolute atomic E-state index is 0.699. The van der Waals surface area contributed by atoms with Crippen LogP contribution in [0, 0.1) is 0 Å². The van der Waals surface area contributed by atoms with Gasteiger partial charge in [-0.1, -0.05) is 91.0 Å². The highest BCUT2D eigenvalue weighted by Crippen LogP contribution is 2.35. The molecular weight excluding hydrogens is 434 g/mol. The summed E-state index contributed by atoms with van der Waals surface area (Å²) in [6.07, 6.45) is 0. The van der Waals surface area contributed by atoms with Crippen molar-refractivity contribution in [1.29, 1.82) is 0 Å². The van der Waals surface area contributed by atoms with Crippen molar-refractivity contribution in [3.63, 3.8) is 0 Å². The molecule has 0 fully saturated rings. The minimum Gasteiger partial charge on any atom is -0.278 e. The number of para-hydroxylation sites is 2. The Bertz CT molecular complexity index is 1740. The van der Waals surface area contributed by atoms with Gasteiger partial charge in [0.25, 0.3) is 0 Å². The van der Waals surface area contributed by atoms with E-state index in [1.54, 1.807) is 11.3 Å². The first-order chi connectivity index (χ1) is 16.9. The summed E-state index contributed by atoms with van der Waals surface area (Å²) in [5.74, 6) is 0.699. The molecule has 0 aliphatic heterocycles. The topological polar surface area (TPSA) is 30.7 Å². The van der Waals surface area contributed by atoms with Crippen LogP contribution in [0.5, 0.6) is 0 Å². The van der Waals surface area contributed by atoms with Gasteiger partial charge in [-0.2, -0.15) is 0 Å². The van der Waals surface area contributed by atoms with Gasteiger partial charge in [-0.05, 0) is 34.7 Å². The highest BCUT2D eigenvalue weighted by atomic mass is 32.1. The van der Waals surface area contributed by atoms with Gasteiger partial charge in [0.05, 0.1) is 26.9 Å². The van der Waals surface area contributed by atoms with E-state index in [-0.39, 0.29) is 0 Å². The van der Waals surface area contributed by atoms with Crippen molar-refractivity contribution >= 4 is 43.4 Å². The van der Waals surface area contributed by atoms with E-state index in [4.69, 9.17) is 9.97 Å². The Morgan fingerprint density at radius 2 is 1.12 bits per heavy atom. The second kappa shape index (κ2) is 7.65. The molecule has 0 saturated carbocycles. The maximum atomic E-state index is 5.15. The molecule has 0 unspecified atom stereocenters. The van der Waals surface area contributed by atoms with Gasteiger partial charge in [-0.15, -0.1) is 11.3 Å². The summed E-state index contributed by atoms with van der Waals surface area (Å²) in [6, 6.07) is 38.2. The van der Waals surface area contributed by atoms with Gasteiger partial charge in [-0.25, -0.2) is 9.97 Å². The summed E-state index contributed by atoms with van der Waals surface area (Å²) < 4.78 is 3.29. The Morgan fingerprint density at radius 3 is 1.82 bits per heavy atom. The van der Waals surface area contributed by atoms with Crippen molar-refractivity contribution in [2.24, 2.45) is 0 Å². The van der Waals surface area contributed by atoms with Crippen LogP contribution in [0.25, 0.3) is 60.4 Å². The van der Waals surface area contributed by atoms with Crippen molar-refractivity contribution in [2.75, 3.05) is 0 Å². The minimum atomic E-state index is 0.699. The molecule has 0 radical (unpaired) electrons. The molecule has 0 atom stereocenters. The van der Waals surface area contributed by atoms with E-state index in [0.717, 1.165) is 32.5 Å². The Hall–Kier alpha value is -4.28. The number of nitrogens with zero attached hydrogens (tertiary/aromatic N) is 3. The Balaban J connectivity index is 1.46. The number of aromatic nitrogens is 3. The molecule has 0 N–H and O–H groups in total. The van der Waals surface area contributed by atoms with E-state index in [0.29, 0.717) is 5.95 Å². The number of hydrogen-bond acceptors (Lipinski definition) is 3. The van der Waals surface area contributed by atoms with Crippen molar-refractivity contribution in [3.8, 4) is 28.3 Å². The van der Waals surface area contributed by atoms with Gasteiger partial charge in [-0.3, -0.25) is 4.57 Å². The molecule has 3 nitrogen and oxygen atoms in total. The maximum Gasteiger partial charge on any atom is 0.235 e. The lowest BCUT2D eigenvalue weighted by atomic mass is 10.0. The Morgan fingerprint density at radius 1 is 0.529 bits per heavy atom. The second-order valence-electron chi connectivity index (χ2n) is 8.32. The van der Waals surface area contributed by atoms with Gasteiger partial charge < -0.3 is 0 Å². The van der Waals surface area contributed by atoms with Crippen LogP contribution >= 0.6 is 11.3 Å². The largest absolute Gasteiger partial charge is 0.278 e. The first kappa shape index (κ1) is 19.2. The highest BCUT2D eigenvalue weighted by Gasteiger charge is 2.17. The zero-order valence-corrected chi connectivity index (χ0v) is 19.0. The lowest BCUT2D eigenvalue weighted by molar-refractivity contribution is 1.02. The standard InChI is InChI=1S/C30H19N3S/c1-2-8-20(9-3-1)21-14-16-22(17-15-21)28-29-25(18-19-34-29)31-30(32-28)33-26-12-6-4-10-23(26)24-11-5-7-13-27(24)33/h1-19H. The summed E-state index contributed by atoms with van der Waals surface area (Å²) in [6.45, 7) is 0. The molecule has 160 valence electrons. The third-order valence-electron chi connectivity index (χ3n) is 6.34. The molecule has 34 heavy (non-hydrogen) atoms. The fourth-order valence-electron chi connectivity index (χ4n) is 4.74. The molecule has 3 heterocycles. The number of fused-ring (bicyclic) bond motifs is 4.